The number of ketones is 1. The maximum absolute atomic E-state index is 10.0. The highest BCUT2D eigenvalue weighted by Crippen LogP contribution is 1.81. The Kier molecular flexibility index (Phi) is 21.3. The lowest BCUT2D eigenvalue weighted by Crippen LogP contribution is -2.07. The minimum absolute atomic E-state index is 0. The van der Waals surface area contributed by atoms with Gasteiger partial charge in [-0.25, -0.2) is 0 Å². The van der Waals surface area contributed by atoms with Gasteiger partial charge in [-0.05, 0) is 6.92 Å². The average molecular weight is 338 g/mol. The SMILES string of the molecule is C.CC(=O)CC(=O)O.CC(=O)OC(C)=O.COC(=O)CC(=O)O. The summed E-state index contributed by atoms with van der Waals surface area (Å²) in [5.74, 6) is -4.39. The summed E-state index contributed by atoms with van der Waals surface area (Å²) in [6.45, 7) is 3.61. The van der Waals surface area contributed by atoms with Crippen molar-refractivity contribution in [1.29, 1.82) is 0 Å². The lowest BCUT2D eigenvalue weighted by atomic mass is 10.3. The maximum Gasteiger partial charge on any atom is 0.316 e. The molecule has 0 heterocycles. The molecule has 0 aliphatic rings. The molecule has 0 atom stereocenters. The molecule has 0 aromatic carbocycles. The molecule has 0 saturated heterocycles. The molecule has 2 N–H and O–H groups in total. The van der Waals surface area contributed by atoms with E-state index >= 15 is 0 Å². The van der Waals surface area contributed by atoms with Crippen LogP contribution in [0.25, 0.3) is 0 Å². The zero-order chi connectivity index (χ0) is 18.3. The fourth-order valence-corrected chi connectivity index (χ4v) is 0.611. The van der Waals surface area contributed by atoms with E-state index in [0.29, 0.717) is 0 Å². The van der Waals surface area contributed by atoms with Gasteiger partial charge in [0.15, 0.2) is 0 Å². The van der Waals surface area contributed by atoms with Crippen molar-refractivity contribution in [3.05, 3.63) is 0 Å². The zero-order valence-electron chi connectivity index (χ0n) is 12.6. The number of carboxylic acids is 2. The molecule has 0 aromatic heterocycles. The van der Waals surface area contributed by atoms with Gasteiger partial charge in [0, 0.05) is 13.8 Å². The number of esters is 3. The van der Waals surface area contributed by atoms with Gasteiger partial charge < -0.3 is 19.7 Å². The van der Waals surface area contributed by atoms with Gasteiger partial charge in [-0.3, -0.25) is 28.8 Å². The molecule has 0 radical (unpaired) electrons. The summed E-state index contributed by atoms with van der Waals surface area (Å²) in [6.07, 6.45) is -0.920. The van der Waals surface area contributed by atoms with Gasteiger partial charge in [-0.15, -0.1) is 0 Å². The van der Waals surface area contributed by atoms with Gasteiger partial charge in [-0.1, -0.05) is 7.43 Å². The topological polar surface area (TPSA) is 161 Å². The molecule has 0 fully saturated rings. The molecule has 0 aliphatic carbocycles. The molecule has 0 unspecified atom stereocenters. The van der Waals surface area contributed by atoms with Gasteiger partial charge in [0.1, 0.15) is 18.6 Å². The van der Waals surface area contributed by atoms with Crippen LogP contribution < -0.4 is 0 Å². The maximum atomic E-state index is 10.0. The van der Waals surface area contributed by atoms with Crippen LogP contribution in [-0.4, -0.2) is 53.0 Å². The van der Waals surface area contributed by atoms with Crippen LogP contribution >= 0.6 is 0 Å². The zero-order valence-corrected chi connectivity index (χ0v) is 12.6. The summed E-state index contributed by atoms with van der Waals surface area (Å²) >= 11 is 0. The number of Topliss-reactive ketones (excluding diaryl/α,β-unsaturated/α-hetero) is 1. The van der Waals surface area contributed by atoms with Gasteiger partial charge in [0.25, 0.3) is 0 Å². The Morgan fingerprint density at radius 3 is 1.17 bits per heavy atom. The van der Waals surface area contributed by atoms with Crippen molar-refractivity contribution in [3.63, 3.8) is 0 Å². The highest BCUT2D eigenvalue weighted by molar-refractivity contribution is 5.93. The van der Waals surface area contributed by atoms with Crippen LogP contribution in [0.3, 0.4) is 0 Å². The largest absolute Gasteiger partial charge is 0.481 e. The Bertz CT molecular complexity index is 374. The van der Waals surface area contributed by atoms with E-state index in [-0.39, 0.29) is 19.6 Å². The highest BCUT2D eigenvalue weighted by Gasteiger charge is 2.04. The van der Waals surface area contributed by atoms with Crippen LogP contribution in [0.1, 0.15) is 41.0 Å². The van der Waals surface area contributed by atoms with Crippen molar-refractivity contribution in [3.8, 4) is 0 Å². The molecule has 134 valence electrons. The summed E-state index contributed by atoms with van der Waals surface area (Å²) in [5, 5.41) is 15.8. The Balaban J connectivity index is -0.000000116. The summed E-state index contributed by atoms with van der Waals surface area (Å²) in [7, 11) is 1.14. The van der Waals surface area contributed by atoms with Gasteiger partial charge in [-0.2, -0.15) is 0 Å². The number of carbonyl (C=O) groups excluding carboxylic acids is 4. The summed E-state index contributed by atoms with van der Waals surface area (Å²) in [4.78, 5) is 58.8. The first kappa shape index (κ1) is 28.4. The molecule has 0 spiro atoms. The molecule has 0 saturated carbocycles. The third kappa shape index (κ3) is 45.3. The number of ether oxygens (including phenoxy) is 2. The van der Waals surface area contributed by atoms with Gasteiger partial charge >= 0.3 is 29.8 Å². The van der Waals surface area contributed by atoms with E-state index in [2.05, 4.69) is 9.47 Å². The van der Waals surface area contributed by atoms with Gasteiger partial charge in [0.05, 0.1) is 7.11 Å². The quantitative estimate of drug-likeness (QED) is 0.542. The van der Waals surface area contributed by atoms with E-state index in [0.717, 1.165) is 7.11 Å². The number of carbonyl (C=O) groups is 6. The Morgan fingerprint density at radius 1 is 0.783 bits per heavy atom. The Hall–Kier alpha value is -2.78. The van der Waals surface area contributed by atoms with E-state index in [1.54, 1.807) is 0 Å². The number of hydrogen-bond donors (Lipinski definition) is 2. The fraction of sp³-hybridized carbons (Fsp3) is 0.538. The summed E-state index contributed by atoms with van der Waals surface area (Å²) < 4.78 is 8.01. The second-order valence-electron chi connectivity index (χ2n) is 3.50. The van der Waals surface area contributed by atoms with E-state index < -0.39 is 36.3 Å². The van der Waals surface area contributed by atoms with Crippen molar-refractivity contribution in [1.82, 2.24) is 0 Å². The number of methoxy groups -OCH3 is 1. The average Bonchev–Trinajstić information content (AvgIpc) is 2.25. The number of aliphatic carboxylic acids is 2. The minimum Gasteiger partial charge on any atom is -0.481 e. The number of carboxylic acid groups (broad SMARTS) is 2. The number of rotatable bonds is 4. The third-order valence-corrected chi connectivity index (χ3v) is 1.21. The van der Waals surface area contributed by atoms with Crippen molar-refractivity contribution >= 4 is 35.6 Å². The second kappa shape index (κ2) is 17.3. The molecule has 0 aromatic rings. The molecule has 23 heavy (non-hydrogen) atoms. The summed E-state index contributed by atoms with van der Waals surface area (Å²) in [5.41, 5.74) is 0. The third-order valence-electron chi connectivity index (χ3n) is 1.21. The molecule has 10 nitrogen and oxygen atoms in total. The molecule has 0 rings (SSSR count). The number of hydrogen-bond acceptors (Lipinski definition) is 8. The molecular weight excluding hydrogens is 316 g/mol. The van der Waals surface area contributed by atoms with Crippen molar-refractivity contribution in [2.45, 2.75) is 41.0 Å². The molecule has 10 heteroatoms. The molecule has 0 amide bonds. The van der Waals surface area contributed by atoms with Crippen molar-refractivity contribution < 1.29 is 48.5 Å². The standard InChI is InChI=1S/C4H6O4.2C4H6O3.CH4/c1-8-4(7)2-3(5)6;1-3(5)7-4(2)6;1-3(5)2-4(6)7;/h2H2,1H3,(H,5,6);1-2H3;2H2,1H3,(H,6,7);1H4. The second-order valence-corrected chi connectivity index (χ2v) is 3.50. The van der Waals surface area contributed by atoms with Gasteiger partial charge in [0.2, 0.25) is 0 Å². The molecule has 0 aliphatic heterocycles. The molecule has 0 bridgehead atoms. The van der Waals surface area contributed by atoms with Crippen LogP contribution in [-0.2, 0) is 38.2 Å². The lowest BCUT2D eigenvalue weighted by Gasteiger charge is -1.90. The van der Waals surface area contributed by atoms with Crippen molar-refractivity contribution in [2.24, 2.45) is 0 Å². The predicted octanol–water partition coefficient (Wildman–Crippen LogP) is 0.416. The van der Waals surface area contributed by atoms with Crippen molar-refractivity contribution in [2.75, 3.05) is 7.11 Å². The first-order chi connectivity index (χ1) is 9.92. The van der Waals surface area contributed by atoms with E-state index in [1.165, 1.54) is 20.8 Å². The van der Waals surface area contributed by atoms with Crippen LogP contribution in [0.4, 0.5) is 0 Å². The minimum atomic E-state index is -1.17. The van der Waals surface area contributed by atoms with Crippen LogP contribution in [0, 0.1) is 0 Å². The Morgan fingerprint density at radius 2 is 1.13 bits per heavy atom. The first-order valence-corrected chi connectivity index (χ1v) is 5.61. The first-order valence-electron chi connectivity index (χ1n) is 5.61. The van der Waals surface area contributed by atoms with Crippen LogP contribution in [0.2, 0.25) is 0 Å². The smallest absolute Gasteiger partial charge is 0.316 e. The van der Waals surface area contributed by atoms with Crippen LogP contribution in [0.5, 0.6) is 0 Å². The van der Waals surface area contributed by atoms with E-state index in [4.69, 9.17) is 10.2 Å². The van der Waals surface area contributed by atoms with Crippen LogP contribution in [0.15, 0.2) is 0 Å². The highest BCUT2D eigenvalue weighted by atomic mass is 16.6. The lowest BCUT2D eigenvalue weighted by molar-refractivity contribution is -0.156. The normalized spacial score (nSPS) is 7.65. The monoisotopic (exact) mass is 338 g/mol. The Labute approximate surface area is 133 Å². The predicted molar refractivity (Wildman–Crippen MR) is 76.4 cm³/mol. The van der Waals surface area contributed by atoms with E-state index in [1.807, 2.05) is 0 Å². The van der Waals surface area contributed by atoms with E-state index in [9.17, 15) is 28.8 Å². The fourth-order valence-electron chi connectivity index (χ4n) is 0.611. The molecular formula is C13H22O10. The summed E-state index contributed by atoms with van der Waals surface area (Å²) in [6, 6.07) is 0.